The van der Waals surface area contributed by atoms with Gasteiger partial charge in [0, 0.05) is 18.0 Å². The van der Waals surface area contributed by atoms with Gasteiger partial charge in [0.05, 0.1) is 5.75 Å². The lowest BCUT2D eigenvalue weighted by Crippen LogP contribution is -2.33. The van der Waals surface area contributed by atoms with Gasteiger partial charge in [0.25, 0.3) is 0 Å². The molecule has 0 aliphatic carbocycles. The summed E-state index contributed by atoms with van der Waals surface area (Å²) < 4.78 is 5.14. The lowest BCUT2D eigenvalue weighted by Gasteiger charge is -2.19. The smallest absolute Gasteiger partial charge is 0.407 e. The lowest BCUT2D eigenvalue weighted by molar-refractivity contribution is -0.113. The molecule has 0 aliphatic heterocycles. The molecule has 6 heteroatoms. The minimum atomic E-state index is -0.500. The fourth-order valence-corrected chi connectivity index (χ4v) is 2.60. The van der Waals surface area contributed by atoms with E-state index in [1.54, 1.807) is 0 Å². The van der Waals surface area contributed by atoms with Crippen molar-refractivity contribution >= 4 is 29.4 Å². The molecule has 0 bridgehead atoms. The minimum Gasteiger partial charge on any atom is -0.444 e. The molecule has 0 atom stereocenters. The zero-order valence-electron chi connectivity index (χ0n) is 16.1. The summed E-state index contributed by atoms with van der Waals surface area (Å²) in [5.74, 6) is 0.942. The van der Waals surface area contributed by atoms with E-state index in [0.717, 1.165) is 5.69 Å². The summed E-state index contributed by atoms with van der Waals surface area (Å²) >= 11 is 1.47. The molecule has 2 N–H and O–H groups in total. The highest BCUT2D eigenvalue weighted by Crippen LogP contribution is 2.23. The molecule has 1 aromatic carbocycles. The number of nitrogens with one attached hydrogen (secondary N) is 2. The standard InChI is InChI=1S/C19H30N2O3S/c1-18(2,3)14-7-9-15(10-8-14)21-16(22)13-25-12-11-20-17(23)24-19(4,5)6/h7-10H,11-13H2,1-6H3,(H,20,23)(H,21,22). The van der Waals surface area contributed by atoms with E-state index in [0.29, 0.717) is 18.1 Å². The Hall–Kier alpha value is -1.69. The fraction of sp³-hybridized carbons (Fsp3) is 0.579. The number of hydrogen-bond donors (Lipinski definition) is 2. The number of carbonyl (C=O) groups is 2. The van der Waals surface area contributed by atoms with Gasteiger partial charge in [0.1, 0.15) is 5.60 Å². The Balaban J connectivity index is 2.24. The monoisotopic (exact) mass is 366 g/mol. The molecule has 0 radical (unpaired) electrons. The maximum atomic E-state index is 11.9. The summed E-state index contributed by atoms with van der Waals surface area (Å²) in [6, 6.07) is 7.92. The Bertz CT molecular complexity index is 572. The molecule has 0 aliphatic rings. The average molecular weight is 367 g/mol. The molecule has 0 unspecified atom stereocenters. The third kappa shape index (κ3) is 9.39. The number of hydrogen-bond acceptors (Lipinski definition) is 4. The van der Waals surface area contributed by atoms with Crippen molar-refractivity contribution < 1.29 is 14.3 Å². The van der Waals surface area contributed by atoms with Gasteiger partial charge in [-0.3, -0.25) is 4.79 Å². The van der Waals surface area contributed by atoms with Crippen LogP contribution in [-0.2, 0) is 14.9 Å². The summed E-state index contributed by atoms with van der Waals surface area (Å²) in [6.07, 6.45) is -0.434. The molecule has 1 rings (SSSR count). The number of benzene rings is 1. The molecular weight excluding hydrogens is 336 g/mol. The van der Waals surface area contributed by atoms with Gasteiger partial charge in [0.15, 0.2) is 0 Å². The number of rotatable bonds is 6. The van der Waals surface area contributed by atoms with Crippen LogP contribution in [0.3, 0.4) is 0 Å². The molecule has 0 spiro atoms. The average Bonchev–Trinajstić information content (AvgIpc) is 2.44. The quantitative estimate of drug-likeness (QED) is 0.741. The lowest BCUT2D eigenvalue weighted by atomic mass is 9.87. The predicted molar refractivity (Wildman–Crippen MR) is 105 cm³/mol. The van der Waals surface area contributed by atoms with Gasteiger partial charge in [-0.2, -0.15) is 11.8 Å². The molecule has 0 fully saturated rings. The van der Waals surface area contributed by atoms with E-state index in [-0.39, 0.29) is 11.3 Å². The first-order valence-electron chi connectivity index (χ1n) is 8.42. The van der Waals surface area contributed by atoms with Crippen LogP contribution < -0.4 is 10.6 Å². The van der Waals surface area contributed by atoms with Gasteiger partial charge in [-0.25, -0.2) is 4.79 Å². The maximum absolute atomic E-state index is 11.9. The van der Waals surface area contributed by atoms with Crippen LogP contribution in [0.25, 0.3) is 0 Å². The van der Waals surface area contributed by atoms with Crippen molar-refractivity contribution in [2.45, 2.75) is 52.6 Å². The summed E-state index contributed by atoms with van der Waals surface area (Å²) in [5, 5.41) is 5.55. The van der Waals surface area contributed by atoms with E-state index in [1.165, 1.54) is 17.3 Å². The van der Waals surface area contributed by atoms with Crippen molar-refractivity contribution in [3.8, 4) is 0 Å². The van der Waals surface area contributed by atoms with Crippen LogP contribution in [0.4, 0.5) is 10.5 Å². The Morgan fingerprint density at radius 3 is 2.16 bits per heavy atom. The largest absolute Gasteiger partial charge is 0.444 e. The molecule has 140 valence electrons. The Morgan fingerprint density at radius 2 is 1.64 bits per heavy atom. The van der Waals surface area contributed by atoms with Crippen molar-refractivity contribution in [3.63, 3.8) is 0 Å². The Morgan fingerprint density at radius 1 is 1.04 bits per heavy atom. The third-order valence-corrected chi connectivity index (χ3v) is 4.14. The molecule has 5 nitrogen and oxygen atoms in total. The van der Waals surface area contributed by atoms with Gasteiger partial charge in [-0.1, -0.05) is 32.9 Å². The molecular formula is C19H30N2O3S. The van der Waals surface area contributed by atoms with E-state index < -0.39 is 11.7 Å². The van der Waals surface area contributed by atoms with E-state index in [9.17, 15) is 9.59 Å². The number of thioether (sulfide) groups is 1. The normalized spacial score (nSPS) is 11.8. The Kier molecular flexibility index (Phi) is 7.80. The van der Waals surface area contributed by atoms with Crippen LogP contribution in [0.1, 0.15) is 47.1 Å². The summed E-state index contributed by atoms with van der Waals surface area (Å²) in [7, 11) is 0. The first kappa shape index (κ1) is 21.4. The van der Waals surface area contributed by atoms with Gasteiger partial charge >= 0.3 is 6.09 Å². The van der Waals surface area contributed by atoms with Crippen molar-refractivity contribution in [2.24, 2.45) is 0 Å². The molecule has 25 heavy (non-hydrogen) atoms. The van der Waals surface area contributed by atoms with E-state index in [1.807, 2.05) is 45.0 Å². The van der Waals surface area contributed by atoms with Crippen molar-refractivity contribution in [3.05, 3.63) is 29.8 Å². The van der Waals surface area contributed by atoms with E-state index in [2.05, 4.69) is 31.4 Å². The number of ether oxygens (including phenoxy) is 1. The van der Waals surface area contributed by atoms with E-state index >= 15 is 0 Å². The highest BCUT2D eigenvalue weighted by Gasteiger charge is 2.15. The van der Waals surface area contributed by atoms with E-state index in [4.69, 9.17) is 4.74 Å². The van der Waals surface area contributed by atoms with Crippen LogP contribution in [0, 0.1) is 0 Å². The van der Waals surface area contributed by atoms with Crippen molar-refractivity contribution in [1.29, 1.82) is 0 Å². The zero-order chi connectivity index (χ0) is 19.1. The summed E-state index contributed by atoms with van der Waals surface area (Å²) in [6.45, 7) is 12.4. The molecule has 1 aromatic rings. The highest BCUT2D eigenvalue weighted by molar-refractivity contribution is 7.99. The van der Waals surface area contributed by atoms with Gasteiger partial charge < -0.3 is 15.4 Å². The van der Waals surface area contributed by atoms with Gasteiger partial charge in [-0.15, -0.1) is 0 Å². The first-order valence-corrected chi connectivity index (χ1v) is 9.58. The van der Waals surface area contributed by atoms with Crippen LogP contribution in [0.5, 0.6) is 0 Å². The van der Waals surface area contributed by atoms with Crippen LogP contribution in [0.15, 0.2) is 24.3 Å². The second-order valence-electron chi connectivity index (χ2n) is 7.86. The Labute approximate surface area is 155 Å². The second kappa shape index (κ2) is 9.13. The predicted octanol–water partition coefficient (Wildman–Crippen LogP) is 4.18. The molecule has 2 amide bonds. The minimum absolute atomic E-state index is 0.0502. The summed E-state index contributed by atoms with van der Waals surface area (Å²) in [5.41, 5.74) is 1.62. The number of amides is 2. The molecule has 0 heterocycles. The van der Waals surface area contributed by atoms with Gasteiger partial charge in [0.2, 0.25) is 5.91 Å². The molecule has 0 aromatic heterocycles. The fourth-order valence-electron chi connectivity index (χ4n) is 1.95. The van der Waals surface area contributed by atoms with Crippen LogP contribution in [0.2, 0.25) is 0 Å². The van der Waals surface area contributed by atoms with Crippen molar-refractivity contribution in [2.75, 3.05) is 23.4 Å². The van der Waals surface area contributed by atoms with Crippen LogP contribution in [-0.4, -0.2) is 35.7 Å². The number of carbonyl (C=O) groups excluding carboxylic acids is 2. The SMILES string of the molecule is CC(C)(C)OC(=O)NCCSCC(=O)Nc1ccc(C(C)(C)C)cc1. The molecule has 0 saturated heterocycles. The maximum Gasteiger partial charge on any atom is 0.407 e. The first-order chi connectivity index (χ1) is 11.5. The summed E-state index contributed by atoms with van der Waals surface area (Å²) in [4.78, 5) is 23.4. The second-order valence-corrected chi connectivity index (χ2v) is 8.96. The van der Waals surface area contributed by atoms with Crippen LogP contribution >= 0.6 is 11.8 Å². The topological polar surface area (TPSA) is 67.4 Å². The number of alkyl carbamates (subject to hydrolysis) is 1. The highest BCUT2D eigenvalue weighted by atomic mass is 32.2. The van der Waals surface area contributed by atoms with Crippen molar-refractivity contribution in [1.82, 2.24) is 5.32 Å². The molecule has 0 saturated carbocycles. The zero-order valence-corrected chi connectivity index (χ0v) is 16.9. The third-order valence-electron chi connectivity index (χ3n) is 3.18. The number of anilines is 1. The van der Waals surface area contributed by atoms with Gasteiger partial charge in [-0.05, 0) is 43.9 Å².